The Labute approximate surface area is 124 Å². The fourth-order valence-electron chi connectivity index (χ4n) is 2.21. The standard InChI is InChI=1S/C15H22FN3O2/c1-12(21-14-4-2-3-13(16)11-14)15(20)18-7-10-19-8-5-17-6-9-19/h2-4,11-12,17H,5-10H2,1H3,(H,18,20). The molecule has 0 bridgehead atoms. The summed E-state index contributed by atoms with van der Waals surface area (Å²) in [5.74, 6) is -0.201. The summed E-state index contributed by atoms with van der Waals surface area (Å²) in [6.07, 6.45) is -0.644. The molecule has 1 heterocycles. The maximum Gasteiger partial charge on any atom is 0.260 e. The second kappa shape index (κ2) is 7.95. The van der Waals surface area contributed by atoms with E-state index in [0.717, 1.165) is 32.7 Å². The van der Waals surface area contributed by atoms with Crippen molar-refractivity contribution in [3.05, 3.63) is 30.1 Å². The van der Waals surface area contributed by atoms with Gasteiger partial charge in [-0.1, -0.05) is 6.07 Å². The van der Waals surface area contributed by atoms with Gasteiger partial charge in [-0.3, -0.25) is 9.69 Å². The number of nitrogens with zero attached hydrogens (tertiary/aromatic N) is 1. The average molecular weight is 295 g/mol. The number of benzene rings is 1. The zero-order valence-electron chi connectivity index (χ0n) is 12.3. The van der Waals surface area contributed by atoms with Crippen molar-refractivity contribution in [3.63, 3.8) is 0 Å². The van der Waals surface area contributed by atoms with Gasteiger partial charge in [0.05, 0.1) is 0 Å². The van der Waals surface area contributed by atoms with Crippen molar-refractivity contribution in [2.75, 3.05) is 39.3 Å². The lowest BCUT2D eigenvalue weighted by molar-refractivity contribution is -0.127. The van der Waals surface area contributed by atoms with Crippen molar-refractivity contribution < 1.29 is 13.9 Å². The minimum atomic E-state index is -0.644. The smallest absolute Gasteiger partial charge is 0.260 e. The van der Waals surface area contributed by atoms with E-state index < -0.39 is 6.10 Å². The highest BCUT2D eigenvalue weighted by Gasteiger charge is 2.15. The van der Waals surface area contributed by atoms with Crippen LogP contribution in [-0.4, -0.2) is 56.2 Å². The van der Waals surface area contributed by atoms with Gasteiger partial charge in [-0.15, -0.1) is 0 Å². The summed E-state index contributed by atoms with van der Waals surface area (Å²) in [6, 6.07) is 5.79. The number of nitrogens with one attached hydrogen (secondary N) is 2. The van der Waals surface area contributed by atoms with Gasteiger partial charge in [-0.25, -0.2) is 4.39 Å². The molecule has 0 saturated carbocycles. The maximum atomic E-state index is 13.0. The summed E-state index contributed by atoms with van der Waals surface area (Å²) < 4.78 is 18.5. The van der Waals surface area contributed by atoms with Crippen LogP contribution in [0, 0.1) is 5.82 Å². The first-order valence-electron chi connectivity index (χ1n) is 7.28. The molecule has 0 radical (unpaired) electrons. The van der Waals surface area contributed by atoms with E-state index in [9.17, 15) is 9.18 Å². The number of amides is 1. The van der Waals surface area contributed by atoms with E-state index in [1.165, 1.54) is 12.1 Å². The second-order valence-corrected chi connectivity index (χ2v) is 5.10. The summed E-state index contributed by atoms with van der Waals surface area (Å²) in [5, 5.41) is 6.13. The molecule has 2 rings (SSSR count). The number of halogens is 1. The van der Waals surface area contributed by atoms with Gasteiger partial charge < -0.3 is 15.4 Å². The molecular formula is C15H22FN3O2. The van der Waals surface area contributed by atoms with Crippen LogP contribution in [0.2, 0.25) is 0 Å². The second-order valence-electron chi connectivity index (χ2n) is 5.10. The number of piperazine rings is 1. The molecule has 1 aromatic carbocycles. The van der Waals surface area contributed by atoms with Crippen LogP contribution >= 0.6 is 0 Å². The Morgan fingerprint density at radius 1 is 1.48 bits per heavy atom. The monoisotopic (exact) mass is 295 g/mol. The Kier molecular flexibility index (Phi) is 5.95. The summed E-state index contributed by atoms with van der Waals surface area (Å²) in [5.41, 5.74) is 0. The van der Waals surface area contributed by atoms with Crippen LogP contribution in [0.3, 0.4) is 0 Å². The van der Waals surface area contributed by atoms with E-state index in [0.29, 0.717) is 12.3 Å². The molecule has 0 aliphatic carbocycles. The van der Waals surface area contributed by atoms with Gasteiger partial charge in [-0.2, -0.15) is 0 Å². The molecule has 0 spiro atoms. The van der Waals surface area contributed by atoms with Crippen LogP contribution in [0.15, 0.2) is 24.3 Å². The van der Waals surface area contributed by atoms with Crippen molar-refractivity contribution in [3.8, 4) is 5.75 Å². The van der Waals surface area contributed by atoms with Crippen molar-refractivity contribution in [2.24, 2.45) is 0 Å². The van der Waals surface area contributed by atoms with Crippen LogP contribution < -0.4 is 15.4 Å². The number of carbonyl (C=O) groups excluding carboxylic acids is 1. The number of hydrogen-bond donors (Lipinski definition) is 2. The Bertz CT molecular complexity index is 464. The number of hydrogen-bond acceptors (Lipinski definition) is 4. The minimum Gasteiger partial charge on any atom is -0.481 e. The van der Waals surface area contributed by atoms with Gasteiger partial charge in [0, 0.05) is 45.3 Å². The predicted molar refractivity (Wildman–Crippen MR) is 78.8 cm³/mol. The summed E-state index contributed by atoms with van der Waals surface area (Å²) in [6.45, 7) is 7.08. The number of rotatable bonds is 6. The van der Waals surface area contributed by atoms with Gasteiger partial charge in [0.15, 0.2) is 6.10 Å². The zero-order chi connectivity index (χ0) is 15.1. The molecule has 1 unspecified atom stereocenters. The highest BCUT2D eigenvalue weighted by Crippen LogP contribution is 2.13. The van der Waals surface area contributed by atoms with Crippen LogP contribution in [0.5, 0.6) is 5.75 Å². The minimum absolute atomic E-state index is 0.186. The number of ether oxygens (including phenoxy) is 1. The fraction of sp³-hybridized carbons (Fsp3) is 0.533. The maximum absolute atomic E-state index is 13.0. The van der Waals surface area contributed by atoms with E-state index in [4.69, 9.17) is 4.74 Å². The molecule has 116 valence electrons. The Morgan fingerprint density at radius 3 is 2.95 bits per heavy atom. The van der Waals surface area contributed by atoms with Gasteiger partial charge in [0.1, 0.15) is 11.6 Å². The van der Waals surface area contributed by atoms with Crippen LogP contribution in [-0.2, 0) is 4.79 Å². The van der Waals surface area contributed by atoms with Crippen LogP contribution in [0.4, 0.5) is 4.39 Å². The molecule has 5 nitrogen and oxygen atoms in total. The largest absolute Gasteiger partial charge is 0.481 e. The topological polar surface area (TPSA) is 53.6 Å². The first kappa shape index (κ1) is 15.7. The van der Waals surface area contributed by atoms with Gasteiger partial charge in [-0.05, 0) is 19.1 Å². The van der Waals surface area contributed by atoms with Crippen molar-refractivity contribution >= 4 is 5.91 Å². The summed E-state index contributed by atoms with van der Waals surface area (Å²) in [4.78, 5) is 14.2. The van der Waals surface area contributed by atoms with Crippen molar-refractivity contribution in [1.29, 1.82) is 0 Å². The molecule has 1 saturated heterocycles. The summed E-state index contributed by atoms with van der Waals surface area (Å²) >= 11 is 0. The Morgan fingerprint density at radius 2 is 2.24 bits per heavy atom. The Balaban J connectivity index is 1.69. The molecule has 1 amide bonds. The molecule has 2 N–H and O–H groups in total. The first-order chi connectivity index (χ1) is 10.1. The third kappa shape index (κ3) is 5.32. The molecule has 1 aliphatic rings. The lowest BCUT2D eigenvalue weighted by atomic mass is 10.3. The van der Waals surface area contributed by atoms with Gasteiger partial charge in [0.2, 0.25) is 0 Å². The van der Waals surface area contributed by atoms with Crippen molar-refractivity contribution in [2.45, 2.75) is 13.0 Å². The molecule has 6 heteroatoms. The normalized spacial score (nSPS) is 17.2. The Hall–Kier alpha value is -1.66. The third-order valence-electron chi connectivity index (χ3n) is 3.42. The van der Waals surface area contributed by atoms with E-state index in [1.54, 1.807) is 19.1 Å². The van der Waals surface area contributed by atoms with Crippen LogP contribution in [0.1, 0.15) is 6.92 Å². The first-order valence-corrected chi connectivity index (χ1v) is 7.28. The number of carbonyl (C=O) groups is 1. The van der Waals surface area contributed by atoms with E-state index in [1.807, 2.05) is 0 Å². The average Bonchev–Trinajstić information content (AvgIpc) is 2.48. The fourth-order valence-corrected chi connectivity index (χ4v) is 2.21. The SMILES string of the molecule is CC(Oc1cccc(F)c1)C(=O)NCCN1CCNCC1. The molecular weight excluding hydrogens is 273 g/mol. The zero-order valence-corrected chi connectivity index (χ0v) is 12.3. The molecule has 21 heavy (non-hydrogen) atoms. The molecule has 1 atom stereocenters. The third-order valence-corrected chi connectivity index (χ3v) is 3.42. The lowest BCUT2D eigenvalue weighted by Gasteiger charge is -2.27. The van der Waals surface area contributed by atoms with Gasteiger partial charge in [0.25, 0.3) is 5.91 Å². The highest BCUT2D eigenvalue weighted by atomic mass is 19.1. The summed E-state index contributed by atoms with van der Waals surface area (Å²) in [7, 11) is 0. The quantitative estimate of drug-likeness (QED) is 0.807. The van der Waals surface area contributed by atoms with Gasteiger partial charge >= 0.3 is 0 Å². The molecule has 1 aromatic rings. The van der Waals surface area contributed by atoms with E-state index >= 15 is 0 Å². The van der Waals surface area contributed by atoms with Crippen LogP contribution in [0.25, 0.3) is 0 Å². The lowest BCUT2D eigenvalue weighted by Crippen LogP contribution is -2.47. The highest BCUT2D eigenvalue weighted by molar-refractivity contribution is 5.80. The van der Waals surface area contributed by atoms with E-state index in [2.05, 4.69) is 15.5 Å². The predicted octanol–water partition coefficient (Wildman–Crippen LogP) is 0.614. The molecule has 1 fully saturated rings. The van der Waals surface area contributed by atoms with Crippen molar-refractivity contribution in [1.82, 2.24) is 15.5 Å². The molecule has 0 aromatic heterocycles. The van der Waals surface area contributed by atoms with E-state index in [-0.39, 0.29) is 11.7 Å². The molecule has 1 aliphatic heterocycles.